The molecule has 4 heteroatoms. The second kappa shape index (κ2) is 4.23. The molecule has 0 unspecified atom stereocenters. The van der Waals surface area contributed by atoms with E-state index in [0.29, 0.717) is 10.0 Å². The fraction of sp³-hybridized carbons (Fsp3) is 0.364. The number of phenols is 1. The first-order chi connectivity index (χ1) is 6.81. The average molecular weight is 273 g/mol. The number of hydrogen-bond acceptors (Lipinski definition) is 3. The van der Waals surface area contributed by atoms with Gasteiger partial charge in [-0.3, -0.25) is 0 Å². The number of ether oxygens (including phenoxy) is 1. The predicted octanol–water partition coefficient (Wildman–Crippen LogP) is 3.11. The summed E-state index contributed by atoms with van der Waals surface area (Å²) in [7, 11) is 0. The fourth-order valence-corrected chi connectivity index (χ4v) is 1.44. The van der Waals surface area contributed by atoms with E-state index in [1.165, 1.54) is 6.07 Å². The monoisotopic (exact) mass is 272 g/mol. The average Bonchev–Trinajstić information content (AvgIpc) is 2.06. The summed E-state index contributed by atoms with van der Waals surface area (Å²) in [6, 6.07) is 4.69. The Morgan fingerprint density at radius 2 is 2.00 bits per heavy atom. The van der Waals surface area contributed by atoms with Crippen molar-refractivity contribution in [2.45, 2.75) is 26.4 Å². The third-order valence-electron chi connectivity index (χ3n) is 1.60. The molecule has 0 amide bonds. The number of rotatable bonds is 1. The molecular formula is C11H13BrO3. The van der Waals surface area contributed by atoms with E-state index >= 15 is 0 Å². The van der Waals surface area contributed by atoms with Crippen LogP contribution in [0.25, 0.3) is 0 Å². The van der Waals surface area contributed by atoms with E-state index in [1.54, 1.807) is 32.9 Å². The number of carbonyl (C=O) groups is 1. The minimum Gasteiger partial charge on any atom is -0.507 e. The largest absolute Gasteiger partial charge is 0.507 e. The van der Waals surface area contributed by atoms with Gasteiger partial charge in [-0.25, -0.2) is 4.79 Å². The van der Waals surface area contributed by atoms with Crippen molar-refractivity contribution in [3.8, 4) is 5.75 Å². The Labute approximate surface area is 97.2 Å². The number of esters is 1. The minimum absolute atomic E-state index is 0.0263. The highest BCUT2D eigenvalue weighted by molar-refractivity contribution is 9.10. The smallest absolute Gasteiger partial charge is 0.339 e. The minimum atomic E-state index is -0.540. The van der Waals surface area contributed by atoms with Gasteiger partial charge in [0.1, 0.15) is 11.4 Å². The molecule has 1 N–H and O–H groups in total. The maximum atomic E-state index is 11.7. The summed E-state index contributed by atoms with van der Waals surface area (Å²) in [6.45, 7) is 5.38. The van der Waals surface area contributed by atoms with Crippen LogP contribution in [0.3, 0.4) is 0 Å². The van der Waals surface area contributed by atoms with E-state index in [4.69, 9.17) is 4.74 Å². The highest BCUT2D eigenvalue weighted by atomic mass is 79.9. The molecule has 0 spiro atoms. The van der Waals surface area contributed by atoms with Crippen LogP contribution in [0.4, 0.5) is 0 Å². The second-order valence-corrected chi connectivity index (χ2v) is 4.93. The van der Waals surface area contributed by atoms with Crippen molar-refractivity contribution < 1.29 is 14.6 Å². The lowest BCUT2D eigenvalue weighted by Gasteiger charge is -2.19. The predicted molar refractivity (Wildman–Crippen MR) is 61.0 cm³/mol. The van der Waals surface area contributed by atoms with Gasteiger partial charge in [-0.05, 0) is 48.8 Å². The molecule has 0 saturated heterocycles. The number of carbonyl (C=O) groups excluding carboxylic acids is 1. The van der Waals surface area contributed by atoms with Gasteiger partial charge >= 0.3 is 5.97 Å². The lowest BCUT2D eigenvalue weighted by molar-refractivity contribution is 0.00680. The van der Waals surface area contributed by atoms with Crippen LogP contribution in [0.5, 0.6) is 5.75 Å². The number of phenolic OH excluding ortho intramolecular Hbond substituents is 1. The molecule has 82 valence electrons. The van der Waals surface area contributed by atoms with Crippen molar-refractivity contribution in [1.82, 2.24) is 0 Å². The fourth-order valence-electron chi connectivity index (χ4n) is 1.01. The van der Waals surface area contributed by atoms with Crippen molar-refractivity contribution >= 4 is 21.9 Å². The number of aromatic hydroxyl groups is 1. The number of halogens is 1. The summed E-state index contributed by atoms with van der Waals surface area (Å²) < 4.78 is 5.54. The van der Waals surface area contributed by atoms with Gasteiger partial charge in [-0.15, -0.1) is 0 Å². The topological polar surface area (TPSA) is 46.5 Å². The Morgan fingerprint density at radius 1 is 1.40 bits per heavy atom. The first-order valence-corrected chi connectivity index (χ1v) is 5.31. The van der Waals surface area contributed by atoms with Crippen molar-refractivity contribution in [2.75, 3.05) is 0 Å². The van der Waals surface area contributed by atoms with E-state index in [0.717, 1.165) is 0 Å². The molecule has 0 aliphatic carbocycles. The molecular weight excluding hydrogens is 260 g/mol. The van der Waals surface area contributed by atoms with Gasteiger partial charge in [0.05, 0.1) is 10.0 Å². The zero-order valence-electron chi connectivity index (χ0n) is 8.87. The zero-order chi connectivity index (χ0) is 11.6. The highest BCUT2D eigenvalue weighted by Gasteiger charge is 2.20. The van der Waals surface area contributed by atoms with E-state index in [2.05, 4.69) is 15.9 Å². The Hall–Kier alpha value is -1.03. The standard InChI is InChI=1S/C11H13BrO3/c1-11(2,3)15-10(14)7-5-4-6-8(13)9(7)12/h4-6,13H,1-3H3. The van der Waals surface area contributed by atoms with Crippen LogP contribution in [0.15, 0.2) is 22.7 Å². The van der Waals surface area contributed by atoms with Crippen molar-refractivity contribution in [3.63, 3.8) is 0 Å². The van der Waals surface area contributed by atoms with Crippen molar-refractivity contribution in [3.05, 3.63) is 28.2 Å². The maximum absolute atomic E-state index is 11.7. The normalized spacial score (nSPS) is 11.2. The summed E-state index contributed by atoms with van der Waals surface area (Å²) in [5, 5.41) is 9.39. The maximum Gasteiger partial charge on any atom is 0.339 e. The van der Waals surface area contributed by atoms with E-state index in [1.807, 2.05) is 0 Å². The van der Waals surface area contributed by atoms with Gasteiger partial charge < -0.3 is 9.84 Å². The Bertz CT molecular complexity index is 380. The quantitative estimate of drug-likeness (QED) is 0.800. The Morgan fingerprint density at radius 3 is 2.53 bits per heavy atom. The molecule has 1 rings (SSSR count). The van der Waals surface area contributed by atoms with Crippen LogP contribution in [-0.4, -0.2) is 16.7 Å². The lowest BCUT2D eigenvalue weighted by atomic mass is 10.1. The van der Waals surface area contributed by atoms with Crippen molar-refractivity contribution in [2.24, 2.45) is 0 Å². The zero-order valence-corrected chi connectivity index (χ0v) is 10.5. The second-order valence-electron chi connectivity index (χ2n) is 4.14. The molecule has 0 saturated carbocycles. The molecule has 0 fully saturated rings. The van der Waals surface area contributed by atoms with E-state index in [-0.39, 0.29) is 5.75 Å². The van der Waals surface area contributed by atoms with Gasteiger partial charge in [-0.2, -0.15) is 0 Å². The molecule has 15 heavy (non-hydrogen) atoms. The SMILES string of the molecule is CC(C)(C)OC(=O)c1cccc(O)c1Br. The molecule has 0 bridgehead atoms. The van der Waals surface area contributed by atoms with Crippen LogP contribution < -0.4 is 0 Å². The van der Waals surface area contributed by atoms with Crippen molar-refractivity contribution in [1.29, 1.82) is 0 Å². The van der Waals surface area contributed by atoms with Crippen LogP contribution in [0.2, 0.25) is 0 Å². The van der Waals surface area contributed by atoms with Gasteiger partial charge in [0.2, 0.25) is 0 Å². The van der Waals surface area contributed by atoms with Gasteiger partial charge in [0.25, 0.3) is 0 Å². The number of benzene rings is 1. The third kappa shape index (κ3) is 3.23. The van der Waals surface area contributed by atoms with Crippen LogP contribution in [-0.2, 0) is 4.74 Å². The number of hydrogen-bond donors (Lipinski definition) is 1. The molecule has 3 nitrogen and oxygen atoms in total. The lowest BCUT2D eigenvalue weighted by Crippen LogP contribution is -2.24. The van der Waals surface area contributed by atoms with Gasteiger partial charge in [0, 0.05) is 0 Å². The molecule has 1 aromatic carbocycles. The Balaban J connectivity index is 2.97. The van der Waals surface area contributed by atoms with Crippen LogP contribution >= 0.6 is 15.9 Å². The Kier molecular flexibility index (Phi) is 3.39. The first-order valence-electron chi connectivity index (χ1n) is 4.52. The molecule has 1 aromatic rings. The molecule has 0 heterocycles. The van der Waals surface area contributed by atoms with Gasteiger partial charge in [0.15, 0.2) is 0 Å². The molecule has 0 radical (unpaired) electrons. The molecule has 0 atom stereocenters. The summed E-state index contributed by atoms with van der Waals surface area (Å²) in [5.74, 6) is -0.427. The van der Waals surface area contributed by atoms with Gasteiger partial charge in [-0.1, -0.05) is 6.07 Å². The molecule has 0 aromatic heterocycles. The summed E-state index contributed by atoms with van der Waals surface area (Å²) in [4.78, 5) is 11.7. The first kappa shape index (κ1) is 12.0. The molecule has 0 aliphatic rings. The van der Waals surface area contributed by atoms with Crippen LogP contribution in [0, 0.1) is 0 Å². The molecule has 0 aliphatic heterocycles. The van der Waals surface area contributed by atoms with E-state index < -0.39 is 11.6 Å². The summed E-state index contributed by atoms with van der Waals surface area (Å²) >= 11 is 3.14. The summed E-state index contributed by atoms with van der Waals surface area (Å²) in [5.41, 5.74) is -0.216. The summed E-state index contributed by atoms with van der Waals surface area (Å²) in [6.07, 6.45) is 0. The van der Waals surface area contributed by atoms with Crippen LogP contribution in [0.1, 0.15) is 31.1 Å². The third-order valence-corrected chi connectivity index (χ3v) is 2.43. The highest BCUT2D eigenvalue weighted by Crippen LogP contribution is 2.28. The van der Waals surface area contributed by atoms with E-state index in [9.17, 15) is 9.90 Å².